The zero-order valence-corrected chi connectivity index (χ0v) is 11.1. The molecule has 1 N–H and O–H groups in total. The number of carboxylic acids is 1. The van der Waals surface area contributed by atoms with Crippen LogP contribution in [0, 0.1) is 5.92 Å². The SMILES string of the molecule is CC1CCC(C)N(C(=O)N2CCC[C@H]2C(=O)O)C1. The second-order valence-electron chi connectivity index (χ2n) is 5.66. The molecule has 0 radical (unpaired) electrons. The molecule has 2 aliphatic rings. The average molecular weight is 254 g/mol. The van der Waals surface area contributed by atoms with Crippen molar-refractivity contribution in [3.8, 4) is 0 Å². The van der Waals surface area contributed by atoms with Gasteiger partial charge in [-0.25, -0.2) is 9.59 Å². The quantitative estimate of drug-likeness (QED) is 0.776. The van der Waals surface area contributed by atoms with E-state index in [1.807, 2.05) is 4.90 Å². The Morgan fingerprint density at radius 1 is 1.11 bits per heavy atom. The minimum absolute atomic E-state index is 0.0843. The Balaban J connectivity index is 2.07. The van der Waals surface area contributed by atoms with E-state index in [9.17, 15) is 9.59 Å². The molecule has 0 saturated carbocycles. The maximum absolute atomic E-state index is 12.5. The molecule has 5 nitrogen and oxygen atoms in total. The van der Waals surface area contributed by atoms with E-state index in [0.29, 0.717) is 18.9 Å². The van der Waals surface area contributed by atoms with Crippen LogP contribution in [-0.2, 0) is 4.79 Å². The van der Waals surface area contributed by atoms with Crippen LogP contribution < -0.4 is 0 Å². The summed E-state index contributed by atoms with van der Waals surface area (Å²) in [5.74, 6) is -0.366. The van der Waals surface area contributed by atoms with Crippen molar-refractivity contribution in [2.24, 2.45) is 5.92 Å². The molecule has 102 valence electrons. The summed E-state index contributed by atoms with van der Waals surface area (Å²) < 4.78 is 0. The first-order valence-electron chi connectivity index (χ1n) is 6.80. The van der Waals surface area contributed by atoms with Crippen molar-refractivity contribution in [2.75, 3.05) is 13.1 Å². The third-order valence-electron chi connectivity index (χ3n) is 4.15. The van der Waals surface area contributed by atoms with Gasteiger partial charge >= 0.3 is 12.0 Å². The molecule has 2 fully saturated rings. The van der Waals surface area contributed by atoms with Crippen molar-refractivity contribution >= 4 is 12.0 Å². The second kappa shape index (κ2) is 5.16. The Morgan fingerprint density at radius 2 is 1.83 bits per heavy atom. The van der Waals surface area contributed by atoms with Crippen LogP contribution in [0.25, 0.3) is 0 Å². The van der Waals surface area contributed by atoms with E-state index in [-0.39, 0.29) is 12.1 Å². The van der Waals surface area contributed by atoms with E-state index in [0.717, 1.165) is 25.8 Å². The minimum Gasteiger partial charge on any atom is -0.480 e. The Morgan fingerprint density at radius 3 is 2.50 bits per heavy atom. The zero-order valence-electron chi connectivity index (χ0n) is 11.1. The maximum atomic E-state index is 12.5. The van der Waals surface area contributed by atoms with E-state index < -0.39 is 12.0 Å². The molecule has 2 amide bonds. The van der Waals surface area contributed by atoms with Crippen LogP contribution in [-0.4, -0.2) is 52.1 Å². The van der Waals surface area contributed by atoms with Crippen molar-refractivity contribution in [1.29, 1.82) is 0 Å². The molecule has 18 heavy (non-hydrogen) atoms. The minimum atomic E-state index is -0.876. The largest absolute Gasteiger partial charge is 0.480 e. The third-order valence-corrected chi connectivity index (χ3v) is 4.15. The fraction of sp³-hybridized carbons (Fsp3) is 0.846. The number of carbonyl (C=O) groups excluding carboxylic acids is 1. The average Bonchev–Trinajstić information content (AvgIpc) is 2.80. The summed E-state index contributed by atoms with van der Waals surface area (Å²) in [5.41, 5.74) is 0. The summed E-state index contributed by atoms with van der Waals surface area (Å²) in [6.07, 6.45) is 3.53. The molecule has 2 rings (SSSR count). The number of carboxylic acid groups (broad SMARTS) is 1. The van der Waals surface area contributed by atoms with Gasteiger partial charge in [-0.15, -0.1) is 0 Å². The number of rotatable bonds is 1. The molecule has 0 aliphatic carbocycles. The van der Waals surface area contributed by atoms with Crippen LogP contribution in [0.15, 0.2) is 0 Å². The lowest BCUT2D eigenvalue weighted by atomic mass is 9.95. The van der Waals surface area contributed by atoms with Crippen LogP contribution in [0.4, 0.5) is 4.79 Å². The van der Waals surface area contributed by atoms with Crippen molar-refractivity contribution in [3.63, 3.8) is 0 Å². The molecule has 0 aromatic rings. The Bertz CT molecular complexity index is 345. The fourth-order valence-electron chi connectivity index (χ4n) is 2.97. The molecule has 0 bridgehead atoms. The zero-order chi connectivity index (χ0) is 13.3. The van der Waals surface area contributed by atoms with E-state index >= 15 is 0 Å². The highest BCUT2D eigenvalue weighted by Crippen LogP contribution is 2.26. The van der Waals surface area contributed by atoms with E-state index in [1.54, 1.807) is 0 Å². The monoisotopic (exact) mass is 254 g/mol. The number of urea groups is 1. The van der Waals surface area contributed by atoms with Crippen molar-refractivity contribution < 1.29 is 14.7 Å². The molecule has 2 aliphatic heterocycles. The topological polar surface area (TPSA) is 60.9 Å². The first kappa shape index (κ1) is 13.2. The highest BCUT2D eigenvalue weighted by Gasteiger charge is 2.38. The molecular formula is C13H22N2O3. The molecule has 0 aromatic heterocycles. The van der Waals surface area contributed by atoms with Crippen LogP contribution in [0.3, 0.4) is 0 Å². The van der Waals surface area contributed by atoms with Crippen LogP contribution in [0.2, 0.25) is 0 Å². The lowest BCUT2D eigenvalue weighted by Crippen LogP contribution is -2.53. The van der Waals surface area contributed by atoms with Crippen LogP contribution in [0.1, 0.15) is 39.5 Å². The summed E-state index contributed by atoms with van der Waals surface area (Å²) in [6, 6.07) is -0.482. The van der Waals surface area contributed by atoms with Gasteiger partial charge in [0.05, 0.1) is 0 Å². The van der Waals surface area contributed by atoms with Gasteiger partial charge < -0.3 is 14.9 Å². The first-order valence-corrected chi connectivity index (χ1v) is 6.80. The highest BCUT2D eigenvalue weighted by atomic mass is 16.4. The Kier molecular flexibility index (Phi) is 3.78. The van der Waals surface area contributed by atoms with Gasteiger partial charge in [-0.3, -0.25) is 0 Å². The molecule has 2 unspecified atom stereocenters. The lowest BCUT2D eigenvalue weighted by Gasteiger charge is -2.39. The Labute approximate surface area is 108 Å². The number of hydrogen-bond acceptors (Lipinski definition) is 2. The van der Waals surface area contributed by atoms with Crippen molar-refractivity contribution in [3.05, 3.63) is 0 Å². The van der Waals surface area contributed by atoms with Gasteiger partial charge in [0.15, 0.2) is 0 Å². The molecule has 2 heterocycles. The third kappa shape index (κ3) is 2.44. The first-order chi connectivity index (χ1) is 8.50. The summed E-state index contributed by atoms with van der Waals surface area (Å²) in [6.45, 7) is 5.52. The number of nitrogens with zero attached hydrogens (tertiary/aromatic N) is 2. The number of amides is 2. The normalized spacial score (nSPS) is 32.7. The van der Waals surface area contributed by atoms with E-state index in [1.165, 1.54) is 4.90 Å². The Hall–Kier alpha value is -1.26. The number of likely N-dealkylation sites (tertiary alicyclic amines) is 2. The number of piperidine rings is 1. The van der Waals surface area contributed by atoms with E-state index in [2.05, 4.69) is 13.8 Å². The molecular weight excluding hydrogens is 232 g/mol. The smallest absolute Gasteiger partial charge is 0.326 e. The van der Waals surface area contributed by atoms with Crippen molar-refractivity contribution in [1.82, 2.24) is 9.80 Å². The van der Waals surface area contributed by atoms with Gasteiger partial charge in [-0.2, -0.15) is 0 Å². The van der Waals surface area contributed by atoms with Crippen molar-refractivity contribution in [2.45, 2.75) is 51.6 Å². The van der Waals surface area contributed by atoms with Crippen LogP contribution in [0.5, 0.6) is 0 Å². The summed E-state index contributed by atoms with van der Waals surface area (Å²) in [7, 11) is 0. The van der Waals surface area contributed by atoms with Gasteiger partial charge in [0, 0.05) is 19.1 Å². The molecule has 3 atom stereocenters. The summed E-state index contributed by atoms with van der Waals surface area (Å²) in [4.78, 5) is 27.0. The fourth-order valence-corrected chi connectivity index (χ4v) is 2.97. The molecule has 2 saturated heterocycles. The molecule has 5 heteroatoms. The molecule has 0 aromatic carbocycles. The van der Waals surface area contributed by atoms with E-state index in [4.69, 9.17) is 5.11 Å². The predicted octanol–water partition coefficient (Wildman–Crippen LogP) is 1.78. The lowest BCUT2D eigenvalue weighted by molar-refractivity contribution is -0.141. The van der Waals surface area contributed by atoms with Gasteiger partial charge in [-0.1, -0.05) is 6.92 Å². The van der Waals surface area contributed by atoms with Gasteiger partial charge in [0.1, 0.15) is 6.04 Å². The predicted molar refractivity (Wildman–Crippen MR) is 67.3 cm³/mol. The number of hydrogen-bond donors (Lipinski definition) is 1. The number of carbonyl (C=O) groups is 2. The van der Waals surface area contributed by atoms with Crippen LogP contribution >= 0.6 is 0 Å². The van der Waals surface area contributed by atoms with Gasteiger partial charge in [-0.05, 0) is 38.5 Å². The molecule has 0 spiro atoms. The summed E-state index contributed by atoms with van der Waals surface area (Å²) in [5, 5.41) is 9.14. The van der Waals surface area contributed by atoms with Gasteiger partial charge in [0.25, 0.3) is 0 Å². The highest BCUT2D eigenvalue weighted by molar-refractivity contribution is 5.83. The van der Waals surface area contributed by atoms with Gasteiger partial charge in [0.2, 0.25) is 0 Å². The maximum Gasteiger partial charge on any atom is 0.326 e. The summed E-state index contributed by atoms with van der Waals surface area (Å²) >= 11 is 0. The number of aliphatic carboxylic acids is 1. The second-order valence-corrected chi connectivity index (χ2v) is 5.66. The standard InChI is InChI=1S/C13H22N2O3/c1-9-5-6-10(2)15(8-9)13(18)14-7-3-4-11(14)12(16)17/h9-11H,3-8H2,1-2H3,(H,16,17)/t9?,10?,11-/m0/s1.